The lowest BCUT2D eigenvalue weighted by atomic mass is 10.3. The number of hydrogen-bond donors (Lipinski definition) is 2. The van der Waals surface area contributed by atoms with Crippen molar-refractivity contribution in [2.24, 2.45) is 0 Å². The van der Waals surface area contributed by atoms with Crippen LogP contribution in [0.3, 0.4) is 0 Å². The molecule has 24 heavy (non-hydrogen) atoms. The Balaban J connectivity index is 2.23. The second kappa shape index (κ2) is 6.37. The number of hydrogen-bond acceptors (Lipinski definition) is 6. The molecule has 8 heteroatoms. The van der Waals surface area contributed by atoms with Gasteiger partial charge in [-0.05, 0) is 12.1 Å². The molecule has 0 aliphatic carbocycles. The maximum atomic E-state index is 12.7. The smallest absolute Gasteiger partial charge is 0.334 e. The molecule has 8 nitrogen and oxygen atoms in total. The number of rotatable bonds is 5. The molecule has 0 spiro atoms. The number of nitrogens with zero attached hydrogens (tertiary/aromatic N) is 3. The molecule has 0 aliphatic heterocycles. The fourth-order valence-corrected chi connectivity index (χ4v) is 2.29. The van der Waals surface area contributed by atoms with Crippen LogP contribution in [0.1, 0.15) is 0 Å². The Kier molecular flexibility index (Phi) is 4.11. The molecule has 0 amide bonds. The number of aromatic amines is 1. The van der Waals surface area contributed by atoms with E-state index in [1.807, 2.05) is 0 Å². The Labute approximate surface area is 136 Å². The quantitative estimate of drug-likeness (QED) is 0.681. The van der Waals surface area contributed by atoms with E-state index in [-0.39, 0.29) is 11.0 Å². The number of nitrogens with one attached hydrogen (secondary N) is 2. The van der Waals surface area contributed by atoms with Gasteiger partial charge in [0, 0.05) is 12.7 Å². The van der Waals surface area contributed by atoms with Crippen LogP contribution in [0.2, 0.25) is 0 Å². The van der Waals surface area contributed by atoms with Crippen molar-refractivity contribution in [3.8, 4) is 11.4 Å². The van der Waals surface area contributed by atoms with Crippen LogP contribution in [0, 0.1) is 0 Å². The van der Waals surface area contributed by atoms with Crippen LogP contribution in [0.4, 0.5) is 5.95 Å². The molecule has 0 fully saturated rings. The lowest BCUT2D eigenvalue weighted by Crippen LogP contribution is -2.34. The minimum atomic E-state index is -0.606. The van der Waals surface area contributed by atoms with Crippen molar-refractivity contribution < 1.29 is 4.74 Å². The summed E-state index contributed by atoms with van der Waals surface area (Å²) in [5.74, 6) is 0.710. The fraction of sp³-hybridized carbons (Fsp3) is 0.125. The maximum Gasteiger partial charge on any atom is 0.334 e. The van der Waals surface area contributed by atoms with E-state index in [1.54, 1.807) is 30.3 Å². The second-order valence-corrected chi connectivity index (χ2v) is 4.87. The monoisotopic (exact) mass is 325 g/mol. The number of para-hydroxylation sites is 2. The van der Waals surface area contributed by atoms with Gasteiger partial charge in [-0.25, -0.2) is 14.3 Å². The normalized spacial score (nSPS) is 10.5. The summed E-state index contributed by atoms with van der Waals surface area (Å²) >= 11 is 0. The van der Waals surface area contributed by atoms with Gasteiger partial charge in [-0.1, -0.05) is 18.2 Å². The van der Waals surface area contributed by atoms with E-state index in [9.17, 15) is 9.59 Å². The number of aromatic nitrogens is 4. The molecule has 2 aromatic heterocycles. The third kappa shape index (κ3) is 2.65. The Hall–Kier alpha value is -3.42. The summed E-state index contributed by atoms with van der Waals surface area (Å²) in [5, 5.41) is 3.10. The highest BCUT2D eigenvalue weighted by molar-refractivity contribution is 5.73. The van der Waals surface area contributed by atoms with E-state index in [0.29, 0.717) is 23.9 Å². The SMILES string of the molecule is C=CCNc1ncc2c(=O)n(-c3ccccc3OC)c(=O)[nH]c2n1. The first-order valence-electron chi connectivity index (χ1n) is 7.16. The largest absolute Gasteiger partial charge is 0.495 e. The van der Waals surface area contributed by atoms with Gasteiger partial charge in [0.15, 0.2) is 5.65 Å². The average molecular weight is 325 g/mol. The number of fused-ring (bicyclic) bond motifs is 1. The van der Waals surface area contributed by atoms with Crippen molar-refractivity contribution in [3.63, 3.8) is 0 Å². The van der Waals surface area contributed by atoms with Gasteiger partial charge < -0.3 is 10.1 Å². The van der Waals surface area contributed by atoms with Gasteiger partial charge in [0.25, 0.3) is 5.56 Å². The van der Waals surface area contributed by atoms with Crippen LogP contribution in [0.5, 0.6) is 5.75 Å². The van der Waals surface area contributed by atoms with Crippen molar-refractivity contribution in [2.75, 3.05) is 19.0 Å². The van der Waals surface area contributed by atoms with Crippen molar-refractivity contribution in [2.45, 2.75) is 0 Å². The highest BCUT2D eigenvalue weighted by Gasteiger charge is 2.14. The Morgan fingerprint density at radius 1 is 1.38 bits per heavy atom. The molecule has 122 valence electrons. The number of methoxy groups -OCH3 is 1. The Bertz CT molecular complexity index is 1020. The van der Waals surface area contributed by atoms with Gasteiger partial charge in [0.1, 0.15) is 11.1 Å². The molecule has 3 rings (SSSR count). The molecule has 0 aliphatic rings. The van der Waals surface area contributed by atoms with Crippen LogP contribution in [-0.4, -0.2) is 33.2 Å². The predicted octanol–water partition coefficient (Wildman–Crippen LogP) is 1.08. The van der Waals surface area contributed by atoms with E-state index in [2.05, 4.69) is 26.8 Å². The van der Waals surface area contributed by atoms with Crippen molar-refractivity contribution in [1.29, 1.82) is 0 Å². The van der Waals surface area contributed by atoms with Crippen LogP contribution in [0.25, 0.3) is 16.7 Å². The van der Waals surface area contributed by atoms with Crippen molar-refractivity contribution in [3.05, 3.63) is 64.0 Å². The molecule has 1 aromatic carbocycles. The van der Waals surface area contributed by atoms with Gasteiger partial charge in [0.2, 0.25) is 5.95 Å². The van der Waals surface area contributed by atoms with Crippen molar-refractivity contribution >= 4 is 17.0 Å². The topological polar surface area (TPSA) is 102 Å². The first-order chi connectivity index (χ1) is 11.7. The average Bonchev–Trinajstić information content (AvgIpc) is 2.60. The van der Waals surface area contributed by atoms with Crippen molar-refractivity contribution in [1.82, 2.24) is 19.5 Å². The van der Waals surface area contributed by atoms with E-state index in [0.717, 1.165) is 4.57 Å². The molecule has 0 radical (unpaired) electrons. The molecule has 3 aromatic rings. The molecule has 0 unspecified atom stereocenters. The van der Waals surface area contributed by atoms with E-state index < -0.39 is 11.2 Å². The zero-order valence-electron chi connectivity index (χ0n) is 12.9. The van der Waals surface area contributed by atoms with E-state index >= 15 is 0 Å². The van der Waals surface area contributed by atoms with Crippen LogP contribution in [-0.2, 0) is 0 Å². The highest BCUT2D eigenvalue weighted by atomic mass is 16.5. The maximum absolute atomic E-state index is 12.7. The molecular formula is C16H15N5O3. The predicted molar refractivity (Wildman–Crippen MR) is 91.0 cm³/mol. The summed E-state index contributed by atoms with van der Waals surface area (Å²) in [7, 11) is 1.47. The van der Waals surface area contributed by atoms with Crippen LogP contribution >= 0.6 is 0 Å². The first-order valence-corrected chi connectivity index (χ1v) is 7.16. The summed E-state index contributed by atoms with van der Waals surface area (Å²) < 4.78 is 6.22. The zero-order chi connectivity index (χ0) is 17.1. The van der Waals surface area contributed by atoms with Gasteiger partial charge in [-0.2, -0.15) is 4.98 Å². The molecule has 2 heterocycles. The molecule has 0 saturated heterocycles. The molecular weight excluding hydrogens is 310 g/mol. The van der Waals surface area contributed by atoms with Crippen LogP contribution in [0.15, 0.2) is 52.7 Å². The minimum Gasteiger partial charge on any atom is -0.495 e. The number of H-pyrrole nitrogens is 1. The zero-order valence-corrected chi connectivity index (χ0v) is 12.9. The molecule has 0 saturated carbocycles. The fourth-order valence-electron chi connectivity index (χ4n) is 2.29. The van der Waals surface area contributed by atoms with Gasteiger partial charge in [0.05, 0.1) is 12.8 Å². The Morgan fingerprint density at radius 3 is 2.92 bits per heavy atom. The number of ether oxygens (including phenoxy) is 1. The number of benzene rings is 1. The molecule has 0 atom stereocenters. The summed E-state index contributed by atoms with van der Waals surface area (Å²) in [5.41, 5.74) is -0.612. The first kappa shape index (κ1) is 15.5. The Morgan fingerprint density at radius 2 is 2.17 bits per heavy atom. The molecule has 0 bridgehead atoms. The third-order valence-electron chi connectivity index (χ3n) is 3.38. The van der Waals surface area contributed by atoms with Gasteiger partial charge in [-0.15, -0.1) is 6.58 Å². The summed E-state index contributed by atoms with van der Waals surface area (Å²) in [6.45, 7) is 4.05. The molecule has 2 N–H and O–H groups in total. The van der Waals surface area contributed by atoms with Gasteiger partial charge in [-0.3, -0.25) is 9.78 Å². The van der Waals surface area contributed by atoms with Crippen LogP contribution < -0.4 is 21.3 Å². The lowest BCUT2D eigenvalue weighted by molar-refractivity contribution is 0.412. The lowest BCUT2D eigenvalue weighted by Gasteiger charge is -2.10. The van der Waals surface area contributed by atoms with E-state index in [4.69, 9.17) is 4.74 Å². The van der Waals surface area contributed by atoms with E-state index in [1.165, 1.54) is 13.3 Å². The summed E-state index contributed by atoms with van der Waals surface area (Å²) in [6, 6.07) is 6.77. The number of anilines is 1. The van der Waals surface area contributed by atoms with Gasteiger partial charge >= 0.3 is 5.69 Å². The second-order valence-electron chi connectivity index (χ2n) is 4.87. The minimum absolute atomic E-state index is 0.165. The highest BCUT2D eigenvalue weighted by Crippen LogP contribution is 2.19. The summed E-state index contributed by atoms with van der Waals surface area (Å²) in [6.07, 6.45) is 3.02. The summed E-state index contributed by atoms with van der Waals surface area (Å²) in [4.78, 5) is 35.9. The third-order valence-corrected chi connectivity index (χ3v) is 3.38. The standard InChI is InChI=1S/C16H15N5O3/c1-3-8-17-15-18-9-10-13(19-15)20-16(23)21(14(10)22)11-6-4-5-7-12(11)24-2/h3-7,9H,1,8H2,2H3,(H2,17,18,19,20,23).